The SMILES string of the molecule is CC(C)(C)NC(=O)COC(=O)C1C[C@H]2CCC[C@@H](C1)C21SCCS1. The van der Waals surface area contributed by atoms with Gasteiger partial charge in [0.05, 0.1) is 10.00 Å². The van der Waals surface area contributed by atoms with E-state index in [1.54, 1.807) is 0 Å². The first-order valence-corrected chi connectivity index (χ1v) is 11.0. The van der Waals surface area contributed by atoms with Crippen LogP contribution in [0.5, 0.6) is 0 Å². The monoisotopic (exact) mass is 371 g/mol. The average molecular weight is 372 g/mol. The Morgan fingerprint density at radius 3 is 2.25 bits per heavy atom. The van der Waals surface area contributed by atoms with E-state index in [9.17, 15) is 9.59 Å². The van der Waals surface area contributed by atoms with Gasteiger partial charge in [-0.1, -0.05) is 6.42 Å². The Kier molecular flexibility index (Phi) is 5.45. The fourth-order valence-corrected chi connectivity index (χ4v) is 8.45. The van der Waals surface area contributed by atoms with E-state index in [0.717, 1.165) is 12.8 Å². The molecule has 2 aliphatic carbocycles. The van der Waals surface area contributed by atoms with Crippen molar-refractivity contribution < 1.29 is 14.3 Å². The number of carbonyl (C=O) groups excluding carboxylic acids is 2. The van der Waals surface area contributed by atoms with Gasteiger partial charge in [-0.3, -0.25) is 9.59 Å². The van der Waals surface area contributed by atoms with Gasteiger partial charge < -0.3 is 10.1 Å². The lowest BCUT2D eigenvalue weighted by Gasteiger charge is -2.51. The molecule has 3 rings (SSSR count). The predicted octanol–water partition coefficient (Wildman–Crippen LogP) is 3.45. The molecule has 1 spiro atoms. The van der Waals surface area contributed by atoms with Crippen LogP contribution in [-0.4, -0.2) is 39.6 Å². The summed E-state index contributed by atoms with van der Waals surface area (Å²) < 4.78 is 5.71. The van der Waals surface area contributed by atoms with Crippen LogP contribution < -0.4 is 5.32 Å². The normalized spacial score (nSPS) is 31.7. The van der Waals surface area contributed by atoms with Crippen LogP contribution in [0.4, 0.5) is 0 Å². The summed E-state index contributed by atoms with van der Waals surface area (Å²) in [6.07, 6.45) is 5.66. The van der Waals surface area contributed by atoms with Gasteiger partial charge in [0, 0.05) is 17.0 Å². The summed E-state index contributed by atoms with van der Waals surface area (Å²) in [7, 11) is 0. The minimum atomic E-state index is -0.297. The lowest BCUT2D eigenvalue weighted by molar-refractivity contribution is -0.155. The highest BCUT2D eigenvalue weighted by molar-refractivity contribution is 8.21. The first-order chi connectivity index (χ1) is 11.3. The molecule has 2 saturated carbocycles. The summed E-state index contributed by atoms with van der Waals surface area (Å²) in [5.41, 5.74) is -0.297. The molecule has 3 atom stereocenters. The lowest BCUT2D eigenvalue weighted by atomic mass is 9.67. The molecule has 3 aliphatic rings. The molecule has 24 heavy (non-hydrogen) atoms. The minimum Gasteiger partial charge on any atom is -0.455 e. The van der Waals surface area contributed by atoms with Crippen LogP contribution in [0.25, 0.3) is 0 Å². The van der Waals surface area contributed by atoms with Crippen LogP contribution >= 0.6 is 23.5 Å². The maximum atomic E-state index is 12.5. The third-order valence-electron chi connectivity index (χ3n) is 5.31. The first kappa shape index (κ1) is 18.4. The highest BCUT2D eigenvalue weighted by Crippen LogP contribution is 2.64. The smallest absolute Gasteiger partial charge is 0.309 e. The van der Waals surface area contributed by atoms with Crippen LogP contribution in [0, 0.1) is 17.8 Å². The van der Waals surface area contributed by atoms with E-state index in [-0.39, 0.29) is 29.9 Å². The third-order valence-corrected chi connectivity index (χ3v) is 9.33. The Morgan fingerprint density at radius 1 is 1.12 bits per heavy atom. The second-order valence-corrected chi connectivity index (χ2v) is 11.3. The molecule has 0 aromatic carbocycles. The van der Waals surface area contributed by atoms with Crippen LogP contribution in [0.2, 0.25) is 0 Å². The minimum absolute atomic E-state index is 0.0184. The molecule has 1 N–H and O–H groups in total. The van der Waals surface area contributed by atoms with Crippen molar-refractivity contribution >= 4 is 35.4 Å². The fourth-order valence-electron chi connectivity index (χ4n) is 4.51. The van der Waals surface area contributed by atoms with Crippen molar-refractivity contribution in [1.82, 2.24) is 5.32 Å². The first-order valence-electron chi connectivity index (χ1n) is 9.06. The zero-order valence-corrected chi connectivity index (χ0v) is 16.6. The van der Waals surface area contributed by atoms with Gasteiger partial charge in [0.25, 0.3) is 5.91 Å². The second-order valence-electron chi connectivity index (χ2n) is 8.32. The molecule has 1 amide bonds. The number of hydrogen-bond acceptors (Lipinski definition) is 5. The van der Waals surface area contributed by atoms with Crippen molar-refractivity contribution in [3.63, 3.8) is 0 Å². The Labute approximate surface area is 153 Å². The van der Waals surface area contributed by atoms with E-state index in [2.05, 4.69) is 28.8 Å². The summed E-state index contributed by atoms with van der Waals surface area (Å²) in [4.78, 5) is 24.3. The average Bonchev–Trinajstić information content (AvgIpc) is 2.92. The molecule has 1 heterocycles. The second kappa shape index (κ2) is 7.10. The third kappa shape index (κ3) is 3.90. The van der Waals surface area contributed by atoms with Crippen LogP contribution in [0.1, 0.15) is 52.9 Å². The summed E-state index contributed by atoms with van der Waals surface area (Å²) in [6.45, 7) is 5.61. The zero-order valence-electron chi connectivity index (χ0n) is 14.9. The maximum Gasteiger partial charge on any atom is 0.309 e. The number of carbonyl (C=O) groups is 2. The van der Waals surface area contributed by atoms with Crippen molar-refractivity contribution in [1.29, 1.82) is 0 Å². The molecule has 1 saturated heterocycles. The molecule has 0 radical (unpaired) electrons. The van der Waals surface area contributed by atoms with Gasteiger partial charge in [0.15, 0.2) is 6.61 Å². The molecular formula is C18H29NO3S2. The summed E-state index contributed by atoms with van der Waals surface area (Å²) in [6, 6.07) is 0. The van der Waals surface area contributed by atoms with Crippen molar-refractivity contribution in [2.75, 3.05) is 18.1 Å². The summed E-state index contributed by atoms with van der Waals surface area (Å²) in [5, 5.41) is 2.83. The van der Waals surface area contributed by atoms with E-state index in [4.69, 9.17) is 4.74 Å². The molecule has 3 fully saturated rings. The van der Waals surface area contributed by atoms with E-state index >= 15 is 0 Å². The van der Waals surface area contributed by atoms with E-state index in [0.29, 0.717) is 15.9 Å². The van der Waals surface area contributed by atoms with Crippen LogP contribution in [0.15, 0.2) is 0 Å². The molecule has 1 unspecified atom stereocenters. The van der Waals surface area contributed by atoms with Gasteiger partial charge in [0.1, 0.15) is 0 Å². The van der Waals surface area contributed by atoms with E-state index < -0.39 is 0 Å². The molecule has 0 aromatic rings. The van der Waals surface area contributed by atoms with Gasteiger partial charge in [0.2, 0.25) is 0 Å². The highest BCUT2D eigenvalue weighted by atomic mass is 32.2. The number of thioether (sulfide) groups is 2. The number of hydrogen-bond donors (Lipinski definition) is 1. The molecule has 136 valence electrons. The Morgan fingerprint density at radius 2 is 1.71 bits per heavy atom. The summed E-state index contributed by atoms with van der Waals surface area (Å²) in [5.74, 6) is 3.35. The Hall–Kier alpha value is -0.360. The molecule has 4 nitrogen and oxygen atoms in total. The fraction of sp³-hybridized carbons (Fsp3) is 0.889. The van der Waals surface area contributed by atoms with Gasteiger partial charge in [-0.25, -0.2) is 0 Å². The van der Waals surface area contributed by atoms with Crippen LogP contribution in [-0.2, 0) is 14.3 Å². The molecule has 0 aromatic heterocycles. The Balaban J connectivity index is 1.55. The lowest BCUT2D eigenvalue weighted by Crippen LogP contribution is -2.48. The quantitative estimate of drug-likeness (QED) is 0.770. The van der Waals surface area contributed by atoms with Crippen molar-refractivity contribution in [3.8, 4) is 0 Å². The number of esters is 1. The number of nitrogens with one attached hydrogen (secondary N) is 1. The largest absolute Gasteiger partial charge is 0.455 e. The Bertz CT molecular complexity index is 481. The molecule has 2 bridgehead atoms. The number of amides is 1. The van der Waals surface area contributed by atoms with Crippen molar-refractivity contribution in [2.24, 2.45) is 17.8 Å². The number of rotatable bonds is 3. The molecule has 6 heteroatoms. The van der Waals surface area contributed by atoms with Crippen LogP contribution in [0.3, 0.4) is 0 Å². The van der Waals surface area contributed by atoms with E-state index in [1.807, 2.05) is 20.8 Å². The predicted molar refractivity (Wildman–Crippen MR) is 100 cm³/mol. The van der Waals surface area contributed by atoms with E-state index in [1.165, 1.54) is 30.8 Å². The topological polar surface area (TPSA) is 55.4 Å². The summed E-state index contributed by atoms with van der Waals surface area (Å²) >= 11 is 4.29. The standard InChI is InChI=1S/C18H29NO3S2/c1-17(2,3)19-15(20)11-22-16(21)12-9-13-5-4-6-14(10-12)18(13)23-7-8-24-18/h12-14H,4-11H2,1-3H3,(H,19,20)/t12?,13-,14+. The van der Waals surface area contributed by atoms with Crippen molar-refractivity contribution in [3.05, 3.63) is 0 Å². The number of ether oxygens (including phenoxy) is 1. The van der Waals surface area contributed by atoms with Crippen molar-refractivity contribution in [2.45, 2.75) is 62.5 Å². The van der Waals surface area contributed by atoms with Gasteiger partial charge >= 0.3 is 5.97 Å². The molecular weight excluding hydrogens is 342 g/mol. The van der Waals surface area contributed by atoms with Gasteiger partial charge in [-0.05, 0) is 58.3 Å². The van der Waals surface area contributed by atoms with Gasteiger partial charge in [-0.2, -0.15) is 0 Å². The maximum absolute atomic E-state index is 12.5. The highest BCUT2D eigenvalue weighted by Gasteiger charge is 2.55. The molecule has 1 aliphatic heterocycles. The zero-order chi connectivity index (χ0) is 17.4. The van der Waals surface area contributed by atoms with Gasteiger partial charge in [-0.15, -0.1) is 23.5 Å².